The van der Waals surface area contributed by atoms with Gasteiger partial charge in [0, 0.05) is 101 Å². The number of benzene rings is 14. The zero-order chi connectivity index (χ0) is 61.5. The van der Waals surface area contributed by atoms with Crippen LogP contribution in [-0.2, 0) is 0 Å². The van der Waals surface area contributed by atoms with E-state index in [0.29, 0.717) is 0 Å². The van der Waals surface area contributed by atoms with E-state index in [0.717, 1.165) is 124 Å². The van der Waals surface area contributed by atoms with Crippen molar-refractivity contribution in [2.45, 2.75) is 0 Å². The monoisotopic (exact) mass is 1180 g/mol. The third-order valence-electron chi connectivity index (χ3n) is 17.7. The molecule has 92 heavy (non-hydrogen) atoms. The quantitative estimate of drug-likeness (QED) is 0.0962. The van der Waals surface area contributed by atoms with Gasteiger partial charge in [0.05, 0.1) is 22.1 Å². The third-order valence-corrected chi connectivity index (χ3v) is 17.7. The van der Waals surface area contributed by atoms with Crippen LogP contribution in [0.3, 0.4) is 0 Å². The number of hydrogen-bond donors (Lipinski definition) is 0. The summed E-state index contributed by atoms with van der Waals surface area (Å²) in [6, 6.07) is 123. The van der Waals surface area contributed by atoms with E-state index in [2.05, 4.69) is 382 Å². The number of hydrogen-bond acceptors (Lipinski definition) is 4. The van der Waals surface area contributed by atoms with Crippen molar-refractivity contribution < 1.29 is 0 Å². The van der Waals surface area contributed by atoms with Gasteiger partial charge < -0.3 is 28.7 Å². The molecule has 2 heterocycles. The van der Waals surface area contributed by atoms with Crippen molar-refractivity contribution >= 4 is 135 Å². The Morgan fingerprint density at radius 1 is 0.207 bits per heavy atom. The van der Waals surface area contributed by atoms with E-state index in [9.17, 15) is 0 Å². The molecule has 0 saturated heterocycles. The smallest absolute Gasteiger partial charge is 0.0542 e. The fourth-order valence-electron chi connectivity index (χ4n) is 13.4. The number of aromatic nitrogens is 2. The molecule has 0 radical (unpaired) electrons. The maximum absolute atomic E-state index is 4.02. The molecule has 0 unspecified atom stereocenters. The molecule has 6 nitrogen and oxygen atoms in total. The largest absolute Gasteiger partial charge is 0.311 e. The number of anilines is 12. The van der Waals surface area contributed by atoms with Crippen LogP contribution in [0.4, 0.5) is 68.2 Å². The summed E-state index contributed by atoms with van der Waals surface area (Å²) in [5.41, 5.74) is 21.7. The van der Waals surface area contributed by atoms with Gasteiger partial charge in [0.15, 0.2) is 0 Å². The highest BCUT2D eigenvalue weighted by molar-refractivity contribution is 6.12. The van der Waals surface area contributed by atoms with E-state index in [1.165, 1.54) is 21.5 Å². The van der Waals surface area contributed by atoms with Crippen LogP contribution in [0.5, 0.6) is 0 Å². The van der Waals surface area contributed by atoms with E-state index < -0.39 is 0 Å². The number of para-hydroxylation sites is 6. The lowest BCUT2D eigenvalue weighted by atomic mass is 10.0. The van der Waals surface area contributed by atoms with E-state index in [-0.39, 0.29) is 0 Å². The highest BCUT2D eigenvalue weighted by Gasteiger charge is 2.23. The maximum Gasteiger partial charge on any atom is 0.0542 e. The molecular weight excluding hydrogens is 1120 g/mol. The molecule has 0 bridgehead atoms. The molecule has 0 atom stereocenters. The zero-order valence-electron chi connectivity index (χ0n) is 50.6. The van der Waals surface area contributed by atoms with Crippen LogP contribution in [0, 0.1) is 0 Å². The van der Waals surface area contributed by atoms with Crippen LogP contribution < -0.4 is 19.6 Å². The van der Waals surface area contributed by atoms with Gasteiger partial charge in [-0.3, -0.25) is 0 Å². The summed E-state index contributed by atoms with van der Waals surface area (Å²) in [7, 11) is 0. The minimum Gasteiger partial charge on any atom is -0.311 e. The first-order chi connectivity index (χ1) is 45.5. The second-order valence-electron chi connectivity index (χ2n) is 23.1. The lowest BCUT2D eigenvalue weighted by Crippen LogP contribution is -2.12. The fraction of sp³-hybridized carbons (Fsp3) is 0. The molecule has 6 heteroatoms. The van der Waals surface area contributed by atoms with Crippen LogP contribution in [-0.4, -0.2) is 9.13 Å². The predicted molar refractivity (Wildman–Crippen MR) is 392 cm³/mol. The van der Waals surface area contributed by atoms with Crippen molar-refractivity contribution in [1.29, 1.82) is 0 Å². The number of rotatable bonds is 16. The van der Waals surface area contributed by atoms with Gasteiger partial charge >= 0.3 is 0 Å². The molecule has 0 amide bonds. The zero-order valence-corrected chi connectivity index (χ0v) is 50.6. The van der Waals surface area contributed by atoms with Crippen molar-refractivity contribution in [3.8, 4) is 11.4 Å². The Kier molecular flexibility index (Phi) is 14.1. The van der Waals surface area contributed by atoms with E-state index in [1.807, 2.05) is 12.2 Å². The van der Waals surface area contributed by atoms with Gasteiger partial charge in [0.25, 0.3) is 0 Å². The molecule has 0 N–H and O–H groups in total. The number of nitrogens with zero attached hydrogens (tertiary/aromatic N) is 6. The molecule has 14 aromatic carbocycles. The summed E-state index contributed by atoms with van der Waals surface area (Å²) < 4.78 is 4.75. The summed E-state index contributed by atoms with van der Waals surface area (Å²) in [5, 5.41) is 6.95. The summed E-state index contributed by atoms with van der Waals surface area (Å²) in [4.78, 5) is 9.43. The van der Waals surface area contributed by atoms with Crippen molar-refractivity contribution in [3.63, 3.8) is 0 Å². The van der Waals surface area contributed by atoms with Crippen LogP contribution in [0.25, 0.3) is 77.9 Å². The van der Waals surface area contributed by atoms with Gasteiger partial charge in [0.1, 0.15) is 0 Å². The molecule has 2 aromatic heterocycles. The topological polar surface area (TPSA) is 22.8 Å². The minimum absolute atomic E-state index is 1.03. The Balaban J connectivity index is 0.839. The maximum atomic E-state index is 4.02. The van der Waals surface area contributed by atoms with Crippen LogP contribution in [0.2, 0.25) is 0 Å². The molecule has 0 aliphatic rings. The Morgan fingerprint density at radius 2 is 0.457 bits per heavy atom. The van der Waals surface area contributed by atoms with Crippen molar-refractivity contribution in [3.05, 3.63) is 364 Å². The van der Waals surface area contributed by atoms with Gasteiger partial charge in [-0.1, -0.05) is 171 Å². The van der Waals surface area contributed by atoms with Crippen molar-refractivity contribution in [2.24, 2.45) is 0 Å². The summed E-state index contributed by atoms with van der Waals surface area (Å²) in [5.74, 6) is 0. The van der Waals surface area contributed by atoms with Gasteiger partial charge in [-0.2, -0.15) is 0 Å². The summed E-state index contributed by atoms with van der Waals surface area (Å²) in [6.07, 6.45) is 3.79. The van der Waals surface area contributed by atoms with Gasteiger partial charge in [-0.05, 0) is 216 Å². The molecule has 16 aromatic rings. The van der Waals surface area contributed by atoms with E-state index >= 15 is 0 Å². The molecule has 436 valence electrons. The van der Waals surface area contributed by atoms with E-state index in [1.54, 1.807) is 0 Å². The Labute approximate surface area is 535 Å². The fourth-order valence-corrected chi connectivity index (χ4v) is 13.4. The second kappa shape index (κ2) is 23.6. The highest BCUT2D eigenvalue weighted by atomic mass is 15.2. The standard InChI is InChI=1S/C86H62N6/c1-3-61-33-39-73(40-34-61)91-83-31-19-17-29-79(83)81-59-77(53-55-85(81)91)89(71-49-45-69(46-50-71)87(65-21-9-5-10-22-65)66-23-11-6-12-24-66)75-43-37-64-58-76(44-38-63(64)57-75)90(72-51-47-70(48-52-72)88(67-25-13-7-14-26-67)68-27-15-8-16-28-68)78-54-56-86-82(60-78)80-30-18-20-32-84(80)92(86)74-41-35-62(4-2)36-42-74/h3-60H,1-2H2. The first-order valence-corrected chi connectivity index (χ1v) is 31.2. The van der Waals surface area contributed by atoms with Gasteiger partial charge in [-0.15, -0.1) is 0 Å². The van der Waals surface area contributed by atoms with Gasteiger partial charge in [0.2, 0.25) is 0 Å². The van der Waals surface area contributed by atoms with Crippen LogP contribution in [0.15, 0.2) is 353 Å². The molecule has 0 saturated carbocycles. The summed E-state index contributed by atoms with van der Waals surface area (Å²) >= 11 is 0. The lowest BCUT2D eigenvalue weighted by molar-refractivity contribution is 1.18. The average Bonchev–Trinajstić information content (AvgIpc) is 1.61. The Hall–Kier alpha value is -12.4. The normalized spacial score (nSPS) is 11.3. The van der Waals surface area contributed by atoms with Crippen LogP contribution >= 0.6 is 0 Å². The lowest BCUT2D eigenvalue weighted by Gasteiger charge is -2.29. The SMILES string of the molecule is C=Cc1ccc(-n2c3ccccc3c3cc(N(c4ccc(N(c5ccccc5)c5ccccc5)cc4)c4ccc5cc(N(c6ccc(N(c7ccccc7)c7ccccc7)cc6)c6ccc7c(c6)c6ccccc6n7-c6ccc(C=C)cc6)ccc5c4)ccc32)cc1. The third kappa shape index (κ3) is 9.99. The van der Waals surface area contributed by atoms with Crippen LogP contribution in [0.1, 0.15) is 11.1 Å². The Morgan fingerprint density at radius 3 is 0.783 bits per heavy atom. The molecule has 0 aliphatic heterocycles. The molecule has 0 aliphatic carbocycles. The van der Waals surface area contributed by atoms with E-state index in [4.69, 9.17) is 0 Å². The minimum atomic E-state index is 1.03. The Bertz CT molecular complexity index is 4930. The molecular formula is C86H62N6. The highest BCUT2D eigenvalue weighted by Crippen LogP contribution is 2.46. The first kappa shape index (κ1) is 55.0. The summed E-state index contributed by atoms with van der Waals surface area (Å²) in [6.45, 7) is 8.04. The second-order valence-corrected chi connectivity index (χ2v) is 23.1. The van der Waals surface area contributed by atoms with Gasteiger partial charge in [-0.25, -0.2) is 0 Å². The van der Waals surface area contributed by atoms with Crippen molar-refractivity contribution in [1.82, 2.24) is 9.13 Å². The molecule has 0 fully saturated rings. The average molecular weight is 1180 g/mol. The molecule has 16 rings (SSSR count). The number of fused-ring (bicyclic) bond motifs is 7. The first-order valence-electron chi connectivity index (χ1n) is 31.2. The van der Waals surface area contributed by atoms with Crippen molar-refractivity contribution in [2.75, 3.05) is 19.6 Å². The molecule has 0 spiro atoms. The predicted octanol–water partition coefficient (Wildman–Crippen LogP) is 24.2.